The van der Waals surface area contributed by atoms with Crippen LogP contribution in [-0.4, -0.2) is 84.9 Å². The second-order valence-electron chi connectivity index (χ2n) is 9.47. The summed E-state index contributed by atoms with van der Waals surface area (Å²) in [6.07, 6.45) is 5.58. The molecule has 1 aliphatic carbocycles. The van der Waals surface area contributed by atoms with E-state index in [1.54, 1.807) is 31.4 Å². The summed E-state index contributed by atoms with van der Waals surface area (Å²) in [7, 11) is 1.59. The third-order valence-corrected chi connectivity index (χ3v) is 7.82. The molecule has 33 heavy (non-hydrogen) atoms. The fourth-order valence-corrected chi connectivity index (χ4v) is 5.98. The molecule has 2 saturated heterocycles. The molecular weight excluding hydrogens is 442 g/mol. The standard InChI is InChI=1S/C25H34ClN3O4/c1-33-16-6-11-29-23(31)18-25(24(29)32,20-9-4-5-10-21(20)26)17-22(30)28-14-12-27(13-15-28)19-7-2-3-8-19/h4-5,9-10,19H,2-3,6-8,11-18H2,1H3/t25-/m0/s1. The van der Waals surface area contributed by atoms with E-state index in [1.807, 2.05) is 4.90 Å². The lowest BCUT2D eigenvalue weighted by Crippen LogP contribution is -2.53. The van der Waals surface area contributed by atoms with Crippen molar-refractivity contribution in [2.75, 3.05) is 46.4 Å². The SMILES string of the molecule is COCCCN1C(=O)C[C@@](CC(=O)N2CCN(C3CCCC3)CC2)(c2ccccc2Cl)C1=O. The number of likely N-dealkylation sites (tertiary alicyclic amines) is 1. The minimum absolute atomic E-state index is 0.0314. The molecule has 3 fully saturated rings. The number of piperazine rings is 1. The lowest BCUT2D eigenvalue weighted by Gasteiger charge is -2.39. The summed E-state index contributed by atoms with van der Waals surface area (Å²) >= 11 is 6.51. The molecule has 180 valence electrons. The maximum Gasteiger partial charge on any atom is 0.240 e. The summed E-state index contributed by atoms with van der Waals surface area (Å²) < 4.78 is 5.08. The first-order chi connectivity index (χ1) is 16.0. The van der Waals surface area contributed by atoms with E-state index in [2.05, 4.69) is 4.90 Å². The van der Waals surface area contributed by atoms with Gasteiger partial charge in [-0.15, -0.1) is 0 Å². The van der Waals surface area contributed by atoms with Crippen molar-refractivity contribution >= 4 is 29.3 Å². The topological polar surface area (TPSA) is 70.2 Å². The predicted octanol–water partition coefficient (Wildman–Crippen LogP) is 2.85. The molecule has 0 radical (unpaired) electrons. The van der Waals surface area contributed by atoms with Gasteiger partial charge in [-0.25, -0.2) is 0 Å². The number of benzene rings is 1. The third kappa shape index (κ3) is 4.96. The maximum absolute atomic E-state index is 13.7. The first-order valence-electron chi connectivity index (χ1n) is 12.1. The van der Waals surface area contributed by atoms with Gasteiger partial charge in [0.1, 0.15) is 0 Å². The van der Waals surface area contributed by atoms with Crippen molar-refractivity contribution in [2.45, 2.75) is 56.4 Å². The van der Waals surface area contributed by atoms with Crippen LogP contribution in [-0.2, 0) is 24.5 Å². The number of rotatable bonds is 8. The second-order valence-corrected chi connectivity index (χ2v) is 9.87. The Morgan fingerprint density at radius 1 is 1.12 bits per heavy atom. The Morgan fingerprint density at radius 3 is 2.48 bits per heavy atom. The normalized spacial score (nSPS) is 24.8. The zero-order valence-electron chi connectivity index (χ0n) is 19.4. The zero-order chi connectivity index (χ0) is 23.4. The van der Waals surface area contributed by atoms with Crippen LogP contribution in [0.1, 0.15) is 50.5 Å². The van der Waals surface area contributed by atoms with Gasteiger partial charge in [-0.1, -0.05) is 42.6 Å². The van der Waals surface area contributed by atoms with Gasteiger partial charge in [-0.2, -0.15) is 0 Å². The van der Waals surface area contributed by atoms with Crippen LogP contribution < -0.4 is 0 Å². The van der Waals surface area contributed by atoms with Crippen molar-refractivity contribution in [3.8, 4) is 0 Å². The number of amides is 3. The van der Waals surface area contributed by atoms with Crippen LogP contribution in [0.15, 0.2) is 24.3 Å². The van der Waals surface area contributed by atoms with Crippen molar-refractivity contribution in [3.63, 3.8) is 0 Å². The molecule has 0 unspecified atom stereocenters. The number of nitrogens with zero attached hydrogens (tertiary/aromatic N) is 3. The Hall–Kier alpha value is -1.96. The van der Waals surface area contributed by atoms with Crippen molar-refractivity contribution < 1.29 is 19.1 Å². The van der Waals surface area contributed by atoms with E-state index >= 15 is 0 Å². The molecule has 0 N–H and O–H groups in total. The highest BCUT2D eigenvalue weighted by Gasteiger charge is 2.54. The molecule has 2 aliphatic heterocycles. The molecule has 8 heteroatoms. The summed E-state index contributed by atoms with van der Waals surface area (Å²) in [5.74, 6) is -0.662. The summed E-state index contributed by atoms with van der Waals surface area (Å²) in [5.41, 5.74) is -0.681. The van der Waals surface area contributed by atoms with Gasteiger partial charge in [0.05, 0.1) is 5.41 Å². The van der Waals surface area contributed by atoms with E-state index in [0.717, 1.165) is 13.1 Å². The van der Waals surface area contributed by atoms with Crippen molar-refractivity contribution in [1.29, 1.82) is 0 Å². The fraction of sp³-hybridized carbons (Fsp3) is 0.640. The smallest absolute Gasteiger partial charge is 0.240 e. The molecule has 1 aromatic carbocycles. The number of methoxy groups -OCH3 is 1. The van der Waals surface area contributed by atoms with Gasteiger partial charge >= 0.3 is 0 Å². The van der Waals surface area contributed by atoms with Gasteiger partial charge < -0.3 is 9.64 Å². The summed E-state index contributed by atoms with van der Waals surface area (Å²) in [5, 5.41) is 0.413. The van der Waals surface area contributed by atoms with E-state index in [1.165, 1.54) is 30.6 Å². The molecule has 0 aromatic heterocycles. The Kier molecular flexibility index (Phi) is 7.72. The molecule has 3 aliphatic rings. The quantitative estimate of drug-likeness (QED) is 0.427. The average molecular weight is 476 g/mol. The second kappa shape index (κ2) is 10.5. The van der Waals surface area contributed by atoms with Crippen molar-refractivity contribution in [3.05, 3.63) is 34.9 Å². The summed E-state index contributed by atoms with van der Waals surface area (Å²) in [4.78, 5) is 45.7. The maximum atomic E-state index is 13.7. The molecule has 1 atom stereocenters. The van der Waals surface area contributed by atoms with E-state index < -0.39 is 5.41 Å². The lowest BCUT2D eigenvalue weighted by atomic mass is 9.75. The molecule has 7 nitrogen and oxygen atoms in total. The molecule has 2 heterocycles. The first-order valence-corrected chi connectivity index (χ1v) is 12.4. The molecule has 1 saturated carbocycles. The number of carbonyl (C=O) groups excluding carboxylic acids is 3. The minimum atomic E-state index is -1.25. The van der Waals surface area contributed by atoms with Crippen LogP contribution >= 0.6 is 11.6 Å². The first kappa shape index (κ1) is 24.2. The van der Waals surface area contributed by atoms with Crippen LogP contribution in [0.3, 0.4) is 0 Å². The number of halogens is 1. The monoisotopic (exact) mass is 475 g/mol. The number of hydrogen-bond donors (Lipinski definition) is 0. The lowest BCUT2D eigenvalue weighted by molar-refractivity contribution is -0.143. The van der Waals surface area contributed by atoms with Crippen LogP contribution in [0.4, 0.5) is 0 Å². The van der Waals surface area contributed by atoms with Gasteiger partial charge in [-0.3, -0.25) is 24.2 Å². The van der Waals surface area contributed by atoms with Crippen molar-refractivity contribution in [1.82, 2.24) is 14.7 Å². The van der Waals surface area contributed by atoms with Gasteiger partial charge in [0.25, 0.3) is 0 Å². The van der Waals surface area contributed by atoms with Crippen LogP contribution in [0, 0.1) is 0 Å². The summed E-state index contributed by atoms with van der Waals surface area (Å²) in [6, 6.07) is 7.73. The third-order valence-electron chi connectivity index (χ3n) is 7.49. The van der Waals surface area contributed by atoms with Gasteiger partial charge in [0.15, 0.2) is 0 Å². The Bertz CT molecular complexity index is 880. The highest BCUT2D eigenvalue weighted by Crippen LogP contribution is 2.43. The number of ether oxygens (including phenoxy) is 1. The van der Waals surface area contributed by atoms with Crippen molar-refractivity contribution in [2.24, 2.45) is 0 Å². The number of hydrogen-bond acceptors (Lipinski definition) is 5. The number of carbonyl (C=O) groups is 3. The molecule has 3 amide bonds. The zero-order valence-corrected chi connectivity index (χ0v) is 20.2. The predicted molar refractivity (Wildman–Crippen MR) is 126 cm³/mol. The highest BCUT2D eigenvalue weighted by atomic mass is 35.5. The fourth-order valence-electron chi connectivity index (χ4n) is 5.66. The van der Waals surface area contributed by atoms with Gasteiger partial charge in [0.2, 0.25) is 17.7 Å². The van der Waals surface area contributed by atoms with E-state index in [9.17, 15) is 14.4 Å². The van der Waals surface area contributed by atoms with Crippen LogP contribution in [0.25, 0.3) is 0 Å². The minimum Gasteiger partial charge on any atom is -0.385 e. The van der Waals surface area contributed by atoms with E-state index in [4.69, 9.17) is 16.3 Å². The average Bonchev–Trinajstić information content (AvgIpc) is 3.43. The van der Waals surface area contributed by atoms with E-state index in [-0.39, 0.29) is 37.1 Å². The summed E-state index contributed by atoms with van der Waals surface area (Å²) in [6.45, 7) is 3.80. The van der Waals surface area contributed by atoms with Gasteiger partial charge in [0, 0.05) is 70.3 Å². The highest BCUT2D eigenvalue weighted by molar-refractivity contribution is 6.32. The van der Waals surface area contributed by atoms with Gasteiger partial charge in [-0.05, 0) is 30.9 Å². The molecule has 0 bridgehead atoms. The molecule has 4 rings (SSSR count). The number of imide groups is 1. The van der Waals surface area contributed by atoms with Crippen LogP contribution in [0.5, 0.6) is 0 Å². The van der Waals surface area contributed by atoms with E-state index in [0.29, 0.717) is 42.7 Å². The Labute approximate surface area is 201 Å². The Morgan fingerprint density at radius 2 is 1.82 bits per heavy atom. The molecule has 0 spiro atoms. The molecule has 1 aromatic rings. The molecular formula is C25H34ClN3O4. The Balaban J connectivity index is 1.51. The largest absolute Gasteiger partial charge is 0.385 e. The van der Waals surface area contributed by atoms with Crippen LogP contribution in [0.2, 0.25) is 5.02 Å².